The number of pyridine rings is 1. The summed E-state index contributed by atoms with van der Waals surface area (Å²) in [6.07, 6.45) is 3.02. The first-order valence-electron chi connectivity index (χ1n) is 10.5. The molecule has 0 fully saturated rings. The number of ether oxygens (including phenoxy) is 1. The van der Waals surface area contributed by atoms with Gasteiger partial charge in [-0.15, -0.1) is 0 Å². The van der Waals surface area contributed by atoms with Gasteiger partial charge in [0.2, 0.25) is 6.54 Å². The molecule has 32 heavy (non-hydrogen) atoms. The van der Waals surface area contributed by atoms with Gasteiger partial charge in [0, 0.05) is 12.1 Å². The highest BCUT2D eigenvalue weighted by molar-refractivity contribution is 6.12. The first kappa shape index (κ1) is 21.3. The topological polar surface area (TPSA) is 71.3 Å². The second-order valence-electron chi connectivity index (χ2n) is 8.63. The molecule has 0 saturated carbocycles. The summed E-state index contributed by atoms with van der Waals surface area (Å²) in [5, 5.41) is 4.74. The van der Waals surface area contributed by atoms with Gasteiger partial charge in [0.25, 0.3) is 0 Å². The van der Waals surface area contributed by atoms with Crippen LogP contribution in [0.3, 0.4) is 0 Å². The summed E-state index contributed by atoms with van der Waals surface area (Å²) in [4.78, 5) is 23.9. The van der Waals surface area contributed by atoms with Crippen molar-refractivity contribution in [3.63, 3.8) is 0 Å². The molecular formula is C26H26N3O3+. The fraction of sp³-hybridized carbons (Fsp3) is 0.192. The van der Waals surface area contributed by atoms with Crippen molar-refractivity contribution in [2.45, 2.75) is 32.9 Å². The molecule has 6 nitrogen and oxygen atoms in total. The number of carbonyl (C=O) groups excluding carboxylic acids is 2. The monoisotopic (exact) mass is 428 g/mol. The highest BCUT2D eigenvalue weighted by atomic mass is 16.6. The standard InChI is InChI=1S/C26H25N3O3/c1-26(2,3)32-25(31)28-27-23(30)17-29-14-12-18(13-15-29)24-21-10-6-4-8-19(21)16-20-9-5-7-11-22(20)24/h4-16H,17H2,1-3H3,(H-,27,28,30,31)/p+1. The van der Waals surface area contributed by atoms with Crippen LogP contribution in [-0.4, -0.2) is 17.6 Å². The molecule has 4 rings (SSSR count). The number of hydrogen-bond acceptors (Lipinski definition) is 3. The molecule has 3 aromatic carbocycles. The van der Waals surface area contributed by atoms with E-state index in [4.69, 9.17) is 4.74 Å². The van der Waals surface area contributed by atoms with E-state index in [1.54, 1.807) is 25.3 Å². The van der Waals surface area contributed by atoms with Gasteiger partial charge in [-0.05, 0) is 59.5 Å². The number of carbonyl (C=O) groups is 2. The summed E-state index contributed by atoms with van der Waals surface area (Å²) in [5.41, 5.74) is 6.23. The molecule has 0 radical (unpaired) electrons. The normalized spacial score (nSPS) is 11.3. The maximum Gasteiger partial charge on any atom is 0.426 e. The van der Waals surface area contributed by atoms with Crippen molar-refractivity contribution in [1.82, 2.24) is 10.9 Å². The molecule has 162 valence electrons. The van der Waals surface area contributed by atoms with Gasteiger partial charge >= 0.3 is 12.0 Å². The van der Waals surface area contributed by atoms with Crippen molar-refractivity contribution < 1.29 is 18.9 Å². The molecule has 0 bridgehead atoms. The predicted molar refractivity (Wildman–Crippen MR) is 125 cm³/mol. The van der Waals surface area contributed by atoms with Crippen LogP contribution >= 0.6 is 0 Å². The molecule has 2 amide bonds. The molecule has 1 heterocycles. The van der Waals surface area contributed by atoms with Gasteiger partial charge in [0.05, 0.1) is 0 Å². The molecule has 2 N–H and O–H groups in total. The fourth-order valence-corrected chi connectivity index (χ4v) is 3.68. The SMILES string of the molecule is CC(C)(C)OC(=O)NNC(=O)C[n+]1ccc(-c2c3ccccc3cc3ccccc23)cc1. The minimum atomic E-state index is -0.700. The average molecular weight is 429 g/mol. The molecule has 0 aliphatic carbocycles. The molecule has 0 atom stereocenters. The Bertz CT molecular complexity index is 1240. The molecular weight excluding hydrogens is 402 g/mol. The van der Waals surface area contributed by atoms with Gasteiger partial charge < -0.3 is 4.74 Å². The van der Waals surface area contributed by atoms with Crippen molar-refractivity contribution in [2.75, 3.05) is 0 Å². The lowest BCUT2D eigenvalue weighted by Crippen LogP contribution is -2.49. The second-order valence-corrected chi connectivity index (χ2v) is 8.63. The largest absolute Gasteiger partial charge is 0.443 e. The first-order valence-corrected chi connectivity index (χ1v) is 10.5. The van der Waals surface area contributed by atoms with Crippen molar-refractivity contribution >= 4 is 33.5 Å². The molecule has 0 aliphatic rings. The Kier molecular flexibility index (Phi) is 5.77. The Balaban J connectivity index is 1.54. The maximum absolute atomic E-state index is 12.2. The lowest BCUT2D eigenvalue weighted by atomic mass is 9.92. The zero-order valence-electron chi connectivity index (χ0n) is 18.4. The molecule has 1 aromatic heterocycles. The summed E-state index contributed by atoms with van der Waals surface area (Å²) in [6, 6.07) is 22.9. The van der Waals surface area contributed by atoms with Crippen molar-refractivity contribution in [3.05, 3.63) is 79.1 Å². The van der Waals surface area contributed by atoms with Gasteiger partial charge in [0.1, 0.15) is 5.60 Å². The van der Waals surface area contributed by atoms with Crippen LogP contribution in [0.25, 0.3) is 32.7 Å². The summed E-state index contributed by atoms with van der Waals surface area (Å²) >= 11 is 0. The van der Waals surface area contributed by atoms with E-state index in [0.717, 1.165) is 5.56 Å². The van der Waals surface area contributed by atoms with Crippen LogP contribution in [-0.2, 0) is 16.1 Å². The van der Waals surface area contributed by atoms with Crippen molar-refractivity contribution in [3.8, 4) is 11.1 Å². The number of nitrogens with one attached hydrogen (secondary N) is 2. The smallest absolute Gasteiger partial charge is 0.426 e. The highest BCUT2D eigenvalue weighted by Gasteiger charge is 2.18. The maximum atomic E-state index is 12.2. The quantitative estimate of drug-likeness (QED) is 0.287. The van der Waals surface area contributed by atoms with Crippen molar-refractivity contribution in [2.24, 2.45) is 0 Å². The summed E-state index contributed by atoms with van der Waals surface area (Å²) in [5.74, 6) is -0.357. The van der Waals surface area contributed by atoms with Gasteiger partial charge in [-0.2, -0.15) is 4.57 Å². The van der Waals surface area contributed by atoms with Crippen LogP contribution in [0.4, 0.5) is 4.79 Å². The van der Waals surface area contributed by atoms with E-state index in [1.807, 2.05) is 48.8 Å². The van der Waals surface area contributed by atoms with Crippen LogP contribution in [0, 0.1) is 0 Å². The van der Waals surface area contributed by atoms with Crippen LogP contribution in [0.5, 0.6) is 0 Å². The average Bonchev–Trinajstić information content (AvgIpc) is 2.75. The third-order valence-corrected chi connectivity index (χ3v) is 4.98. The van der Waals surface area contributed by atoms with E-state index in [9.17, 15) is 9.59 Å². The first-order chi connectivity index (χ1) is 15.3. The Morgan fingerprint density at radius 1 is 0.844 bits per heavy atom. The number of rotatable bonds is 3. The zero-order valence-corrected chi connectivity index (χ0v) is 18.4. The summed E-state index contributed by atoms with van der Waals surface area (Å²) < 4.78 is 6.85. The van der Waals surface area contributed by atoms with Gasteiger partial charge in [-0.25, -0.2) is 10.2 Å². The van der Waals surface area contributed by atoms with Gasteiger partial charge in [-0.3, -0.25) is 10.2 Å². The fourth-order valence-electron chi connectivity index (χ4n) is 3.68. The molecule has 0 aliphatic heterocycles. The molecule has 6 heteroatoms. The van der Waals surface area contributed by atoms with Gasteiger partial charge in [-0.1, -0.05) is 48.5 Å². The Labute approximate surface area is 186 Å². The third-order valence-electron chi connectivity index (χ3n) is 4.98. The number of hydrogen-bond donors (Lipinski definition) is 2. The van der Waals surface area contributed by atoms with E-state index in [-0.39, 0.29) is 12.5 Å². The number of amides is 2. The predicted octanol–water partition coefficient (Wildman–Crippen LogP) is 4.50. The molecule has 0 spiro atoms. The lowest BCUT2D eigenvalue weighted by Gasteiger charge is -2.19. The molecule has 0 saturated heterocycles. The Morgan fingerprint density at radius 3 is 1.97 bits per heavy atom. The summed E-state index contributed by atoms with van der Waals surface area (Å²) in [6.45, 7) is 5.33. The van der Waals surface area contributed by atoms with E-state index in [2.05, 4.69) is 41.2 Å². The minimum Gasteiger partial charge on any atom is -0.443 e. The van der Waals surface area contributed by atoms with E-state index in [1.165, 1.54) is 27.1 Å². The number of nitrogens with zero attached hydrogens (tertiary/aromatic N) is 1. The number of aromatic nitrogens is 1. The van der Waals surface area contributed by atoms with Crippen molar-refractivity contribution in [1.29, 1.82) is 0 Å². The molecule has 4 aromatic rings. The van der Waals surface area contributed by atoms with Crippen LogP contribution in [0.15, 0.2) is 79.1 Å². The second kappa shape index (κ2) is 8.67. The lowest BCUT2D eigenvalue weighted by molar-refractivity contribution is -0.684. The van der Waals surface area contributed by atoms with E-state index >= 15 is 0 Å². The minimum absolute atomic E-state index is 0.0619. The van der Waals surface area contributed by atoms with Gasteiger partial charge in [0.15, 0.2) is 12.4 Å². The number of fused-ring (bicyclic) bond motifs is 2. The number of benzene rings is 3. The Morgan fingerprint density at radius 2 is 1.41 bits per heavy atom. The molecule has 0 unspecified atom stereocenters. The number of hydrazine groups is 1. The van der Waals surface area contributed by atoms with Crippen LogP contribution in [0.1, 0.15) is 20.8 Å². The van der Waals surface area contributed by atoms with Crippen LogP contribution in [0.2, 0.25) is 0 Å². The summed E-state index contributed by atoms with van der Waals surface area (Å²) in [7, 11) is 0. The zero-order chi connectivity index (χ0) is 22.7. The van der Waals surface area contributed by atoms with E-state index in [0.29, 0.717) is 0 Å². The third kappa shape index (κ3) is 4.86. The highest BCUT2D eigenvalue weighted by Crippen LogP contribution is 2.35. The van der Waals surface area contributed by atoms with E-state index < -0.39 is 11.7 Å². The van der Waals surface area contributed by atoms with Crippen LogP contribution < -0.4 is 15.4 Å². The Hall–Kier alpha value is -3.93.